The van der Waals surface area contributed by atoms with E-state index in [0.717, 1.165) is 6.26 Å². The summed E-state index contributed by atoms with van der Waals surface area (Å²) in [6, 6.07) is 14.5. The van der Waals surface area contributed by atoms with Crippen molar-refractivity contribution in [2.24, 2.45) is 10.2 Å². The molecule has 0 aliphatic heterocycles. The van der Waals surface area contributed by atoms with Crippen LogP contribution in [0.25, 0.3) is 10.8 Å². The largest absolute Gasteiger partial charge is 1.00 e. The topological polar surface area (TPSA) is 158 Å². The van der Waals surface area contributed by atoms with Crippen molar-refractivity contribution in [1.29, 1.82) is 0 Å². The second-order valence-corrected chi connectivity index (χ2v) is 10.2. The van der Waals surface area contributed by atoms with Crippen LogP contribution >= 0.6 is 23.6 Å². The Bertz CT molecular complexity index is 1580. The second kappa shape index (κ2) is 12.4. The van der Waals surface area contributed by atoms with Crippen LogP contribution in [-0.4, -0.2) is 29.7 Å². The molecule has 11 nitrogen and oxygen atoms in total. The normalized spacial score (nSPS) is 11.6. The Morgan fingerprint density at radius 1 is 1.08 bits per heavy atom. The van der Waals surface area contributed by atoms with Crippen LogP contribution in [-0.2, 0) is 19.2 Å². The van der Waals surface area contributed by atoms with Gasteiger partial charge in [0.2, 0.25) is 15.8 Å². The number of benzene rings is 3. The predicted octanol–water partition coefficient (Wildman–Crippen LogP) is 1.93. The number of nitrogens with one attached hydrogen (secondary N) is 1. The molecule has 0 amide bonds. The number of azo groups is 1. The van der Waals surface area contributed by atoms with E-state index < -0.39 is 26.0 Å². The molecule has 186 valence electrons. The van der Waals surface area contributed by atoms with Gasteiger partial charge in [-0.1, -0.05) is 17.7 Å². The number of fused-ring (bicyclic) bond motifs is 1. The zero-order valence-electron chi connectivity index (χ0n) is 19.0. The van der Waals surface area contributed by atoms with Gasteiger partial charge in [-0.25, -0.2) is 8.42 Å². The standard InChI is InChI=1S/C21H15ClFN5O6S2.Na/c1-36(31,32)21-25-19(23)18(22)20(26-21)24-12-4-6-13(7-5-12)27-28-14-3-2-11-8-15(35-34-33-30)10-17(29)16(11)9-14;/h2-10,29-30H,1H3,(H,24,25,26);/q;+1/p-1. The van der Waals surface area contributed by atoms with Crippen molar-refractivity contribution >= 4 is 67.1 Å². The number of hydrogen-bond donors (Lipinski definition) is 2. The Labute approximate surface area is 241 Å². The minimum atomic E-state index is -3.85. The zero-order chi connectivity index (χ0) is 25.9. The SMILES string of the molecule is CS(=O)(=O)c1nc(F)c(Cl)c(Nc2ccc(N=Nc3ccc4cc(SOO[O-])cc(O)c4c3)cc2)n1.[Na+]. The van der Waals surface area contributed by atoms with Crippen LogP contribution in [0.3, 0.4) is 0 Å². The minimum Gasteiger partial charge on any atom is -0.691 e. The molecule has 1 aromatic heterocycles. The van der Waals surface area contributed by atoms with Crippen LogP contribution in [0.15, 0.2) is 74.9 Å². The fourth-order valence-corrected chi connectivity index (χ4v) is 4.05. The Balaban J connectivity index is 0.00000380. The number of aromatic nitrogens is 2. The van der Waals surface area contributed by atoms with Crippen molar-refractivity contribution in [1.82, 2.24) is 9.97 Å². The molecule has 0 saturated carbocycles. The van der Waals surface area contributed by atoms with Crippen LogP contribution in [0, 0.1) is 5.95 Å². The first-order valence-corrected chi connectivity index (χ1v) is 12.8. The predicted molar refractivity (Wildman–Crippen MR) is 128 cm³/mol. The van der Waals surface area contributed by atoms with Crippen LogP contribution < -0.4 is 40.1 Å². The number of nitrogens with zero attached hydrogens (tertiary/aromatic N) is 4. The monoisotopic (exact) mass is 573 g/mol. The maximum Gasteiger partial charge on any atom is 1.00 e. The molecule has 3 aromatic carbocycles. The summed E-state index contributed by atoms with van der Waals surface area (Å²) in [4.78, 5) is 7.50. The van der Waals surface area contributed by atoms with Crippen LogP contribution in [0.4, 0.5) is 27.3 Å². The van der Waals surface area contributed by atoms with Crippen molar-refractivity contribution < 1.29 is 62.1 Å². The van der Waals surface area contributed by atoms with Gasteiger partial charge in [0.05, 0.1) is 23.4 Å². The third-order valence-corrected chi connectivity index (χ3v) is 6.31. The number of phenolic OH excluding ortho intramolecular Hbond substituents is 1. The van der Waals surface area contributed by atoms with Crippen molar-refractivity contribution in [3.8, 4) is 5.75 Å². The molecule has 0 fully saturated rings. The summed E-state index contributed by atoms with van der Waals surface area (Å²) in [6.45, 7) is 0. The van der Waals surface area contributed by atoms with Gasteiger partial charge >= 0.3 is 29.6 Å². The molecule has 0 radical (unpaired) electrons. The van der Waals surface area contributed by atoms with Crippen molar-refractivity contribution in [3.63, 3.8) is 0 Å². The quantitative estimate of drug-likeness (QED) is 0.0606. The molecule has 2 N–H and O–H groups in total. The Hall–Kier alpha value is -2.40. The van der Waals surface area contributed by atoms with Crippen molar-refractivity contribution in [2.75, 3.05) is 11.6 Å². The van der Waals surface area contributed by atoms with E-state index in [0.29, 0.717) is 44.8 Å². The van der Waals surface area contributed by atoms with E-state index in [2.05, 4.69) is 34.9 Å². The second-order valence-electron chi connectivity index (χ2n) is 7.17. The molecule has 16 heteroatoms. The van der Waals surface area contributed by atoms with E-state index >= 15 is 0 Å². The number of sulfone groups is 1. The first kappa shape index (κ1) is 29.2. The maximum absolute atomic E-state index is 13.9. The van der Waals surface area contributed by atoms with E-state index in [-0.39, 0.29) is 41.1 Å². The molecule has 37 heavy (non-hydrogen) atoms. The van der Waals surface area contributed by atoms with Crippen molar-refractivity contribution in [2.45, 2.75) is 10.1 Å². The number of halogens is 2. The summed E-state index contributed by atoms with van der Waals surface area (Å²) in [5.41, 5.74) is 1.38. The molecule has 0 unspecified atom stereocenters. The van der Waals surface area contributed by atoms with Crippen LogP contribution in [0.2, 0.25) is 5.02 Å². The summed E-state index contributed by atoms with van der Waals surface area (Å²) >= 11 is 6.53. The van der Waals surface area contributed by atoms with Gasteiger partial charge in [0.1, 0.15) is 10.8 Å². The molecular weight excluding hydrogens is 560 g/mol. The minimum absolute atomic E-state index is 0. The van der Waals surface area contributed by atoms with Gasteiger partial charge in [0.25, 0.3) is 5.16 Å². The molecular formula is C21H14ClFN5NaO6S2. The van der Waals surface area contributed by atoms with Gasteiger partial charge in [0.15, 0.2) is 5.82 Å². The molecule has 0 atom stereocenters. The van der Waals surface area contributed by atoms with Gasteiger partial charge in [0, 0.05) is 22.2 Å². The number of rotatable bonds is 8. The summed E-state index contributed by atoms with van der Waals surface area (Å²) < 4.78 is 41.5. The first-order valence-electron chi connectivity index (χ1n) is 9.76. The molecule has 4 rings (SSSR count). The number of phenols is 1. The Kier molecular flexibility index (Phi) is 9.80. The van der Waals surface area contributed by atoms with Gasteiger partial charge in [-0.3, -0.25) is 5.04 Å². The third kappa shape index (κ3) is 7.34. The van der Waals surface area contributed by atoms with E-state index in [9.17, 15) is 23.2 Å². The Morgan fingerprint density at radius 2 is 1.76 bits per heavy atom. The summed E-state index contributed by atoms with van der Waals surface area (Å²) in [7, 11) is -3.85. The summed E-state index contributed by atoms with van der Waals surface area (Å²) in [5.74, 6) is -1.42. The van der Waals surface area contributed by atoms with Crippen molar-refractivity contribution in [3.05, 3.63) is 65.6 Å². The molecule has 0 aliphatic rings. The van der Waals surface area contributed by atoms with Gasteiger partial charge < -0.3 is 15.7 Å². The summed E-state index contributed by atoms with van der Waals surface area (Å²) in [6.07, 6.45) is 0.855. The molecule has 1 heterocycles. The number of hydrogen-bond acceptors (Lipinski definition) is 12. The molecule has 0 aliphatic carbocycles. The number of aromatic hydroxyl groups is 1. The fourth-order valence-electron chi connectivity index (χ4n) is 2.98. The van der Waals surface area contributed by atoms with E-state index in [1.807, 2.05) is 0 Å². The molecule has 0 saturated heterocycles. The van der Waals surface area contributed by atoms with Gasteiger partial charge in [-0.2, -0.15) is 28.9 Å². The molecule has 0 bridgehead atoms. The average molecular weight is 574 g/mol. The molecule has 4 aromatic rings. The first-order chi connectivity index (χ1) is 17.1. The van der Waals surface area contributed by atoms with E-state index in [1.54, 1.807) is 48.5 Å². The van der Waals surface area contributed by atoms with Gasteiger partial charge in [-0.05, 0) is 53.9 Å². The zero-order valence-corrected chi connectivity index (χ0v) is 23.4. The van der Waals surface area contributed by atoms with Crippen LogP contribution in [0.5, 0.6) is 5.75 Å². The van der Waals surface area contributed by atoms with Crippen LogP contribution in [0.1, 0.15) is 0 Å². The smallest absolute Gasteiger partial charge is 0.691 e. The fraction of sp³-hybridized carbons (Fsp3) is 0.0476. The average Bonchev–Trinajstić information content (AvgIpc) is 2.84. The maximum atomic E-state index is 13.9. The third-order valence-electron chi connectivity index (χ3n) is 4.58. The molecule has 0 spiro atoms. The number of anilines is 2. The van der Waals surface area contributed by atoms with E-state index in [4.69, 9.17) is 11.6 Å². The summed E-state index contributed by atoms with van der Waals surface area (Å²) in [5, 5.41) is 34.7. The Morgan fingerprint density at radius 3 is 2.43 bits per heavy atom. The van der Waals surface area contributed by atoms with E-state index in [1.165, 1.54) is 6.07 Å². The van der Waals surface area contributed by atoms with Gasteiger partial charge in [-0.15, -0.1) is 0 Å².